The molecule has 0 spiro atoms. The van der Waals surface area contributed by atoms with Crippen LogP contribution in [0.1, 0.15) is 12.0 Å². The maximum Gasteiger partial charge on any atom is 0.253 e. The molecule has 0 saturated carbocycles. The van der Waals surface area contributed by atoms with Crippen LogP contribution in [-0.2, 0) is 6.54 Å². The standard InChI is InChI=1S/C11H16F2N2.2ClH/c12-11(13)10(6-7-14)15-8-9-4-2-1-3-5-9;;/h1-5,10-11,15H,6-8,14H2;2*1H. The Labute approximate surface area is 113 Å². The normalized spacial score (nSPS) is 11.5. The molecule has 0 saturated heterocycles. The Hall–Kier alpha value is -0.420. The number of halogens is 4. The van der Waals surface area contributed by atoms with E-state index < -0.39 is 12.5 Å². The lowest BCUT2D eigenvalue weighted by atomic mass is 10.2. The molecule has 2 nitrogen and oxygen atoms in total. The minimum absolute atomic E-state index is 0. The summed E-state index contributed by atoms with van der Waals surface area (Å²) in [7, 11) is 0. The molecule has 1 rings (SSSR count). The topological polar surface area (TPSA) is 38.0 Å². The summed E-state index contributed by atoms with van der Waals surface area (Å²) in [5, 5.41) is 2.81. The van der Waals surface area contributed by atoms with Crippen LogP contribution in [0.2, 0.25) is 0 Å². The predicted molar refractivity (Wildman–Crippen MR) is 71.2 cm³/mol. The van der Waals surface area contributed by atoms with Crippen molar-refractivity contribution in [1.82, 2.24) is 5.32 Å². The van der Waals surface area contributed by atoms with E-state index in [1.165, 1.54) is 0 Å². The Balaban J connectivity index is 0. The second kappa shape index (κ2) is 10.7. The van der Waals surface area contributed by atoms with Crippen LogP contribution in [0.15, 0.2) is 30.3 Å². The molecule has 0 amide bonds. The summed E-state index contributed by atoms with van der Waals surface area (Å²) < 4.78 is 24.9. The SMILES string of the molecule is Cl.Cl.NCCC(NCc1ccccc1)C(F)F. The zero-order valence-corrected chi connectivity index (χ0v) is 10.9. The van der Waals surface area contributed by atoms with E-state index in [9.17, 15) is 8.78 Å². The van der Waals surface area contributed by atoms with E-state index >= 15 is 0 Å². The molecule has 0 aliphatic carbocycles. The molecule has 1 aromatic rings. The molecule has 6 heteroatoms. The van der Waals surface area contributed by atoms with Gasteiger partial charge in [0.2, 0.25) is 0 Å². The Morgan fingerprint density at radius 1 is 1.12 bits per heavy atom. The summed E-state index contributed by atoms with van der Waals surface area (Å²) >= 11 is 0. The Kier molecular flexibility index (Phi) is 11.9. The molecule has 100 valence electrons. The number of benzene rings is 1. The number of rotatable bonds is 6. The van der Waals surface area contributed by atoms with Gasteiger partial charge in [-0.25, -0.2) is 8.78 Å². The van der Waals surface area contributed by atoms with Gasteiger partial charge >= 0.3 is 0 Å². The second-order valence-electron chi connectivity index (χ2n) is 3.38. The van der Waals surface area contributed by atoms with E-state index in [4.69, 9.17) is 5.73 Å². The minimum atomic E-state index is -2.36. The van der Waals surface area contributed by atoms with Crippen molar-refractivity contribution in [2.75, 3.05) is 6.54 Å². The van der Waals surface area contributed by atoms with E-state index in [0.717, 1.165) is 5.56 Å². The van der Waals surface area contributed by atoms with Crippen molar-refractivity contribution >= 4 is 24.8 Å². The number of nitrogens with two attached hydrogens (primary N) is 1. The van der Waals surface area contributed by atoms with Crippen molar-refractivity contribution in [2.45, 2.75) is 25.4 Å². The zero-order valence-electron chi connectivity index (χ0n) is 9.31. The van der Waals surface area contributed by atoms with Gasteiger partial charge in [-0.2, -0.15) is 0 Å². The van der Waals surface area contributed by atoms with E-state index in [0.29, 0.717) is 13.0 Å². The van der Waals surface area contributed by atoms with Gasteiger partial charge < -0.3 is 11.1 Å². The van der Waals surface area contributed by atoms with Crippen LogP contribution < -0.4 is 11.1 Å². The second-order valence-corrected chi connectivity index (χ2v) is 3.38. The van der Waals surface area contributed by atoms with E-state index in [1.807, 2.05) is 30.3 Å². The highest BCUT2D eigenvalue weighted by molar-refractivity contribution is 5.85. The highest BCUT2D eigenvalue weighted by atomic mass is 35.5. The van der Waals surface area contributed by atoms with Crippen LogP contribution in [0, 0.1) is 0 Å². The van der Waals surface area contributed by atoms with Crippen LogP contribution in [0.3, 0.4) is 0 Å². The highest BCUT2D eigenvalue weighted by Crippen LogP contribution is 2.06. The van der Waals surface area contributed by atoms with Crippen molar-refractivity contribution in [3.63, 3.8) is 0 Å². The molecule has 1 atom stereocenters. The Morgan fingerprint density at radius 2 is 1.71 bits per heavy atom. The van der Waals surface area contributed by atoms with Gasteiger partial charge in [0.05, 0.1) is 6.04 Å². The summed E-state index contributed by atoms with van der Waals surface area (Å²) in [6, 6.07) is 8.66. The molecule has 17 heavy (non-hydrogen) atoms. The quantitative estimate of drug-likeness (QED) is 0.844. The molecule has 1 unspecified atom stereocenters. The van der Waals surface area contributed by atoms with Gasteiger partial charge in [-0.3, -0.25) is 0 Å². The van der Waals surface area contributed by atoms with Crippen molar-refractivity contribution in [3.8, 4) is 0 Å². The molecule has 0 fully saturated rings. The summed E-state index contributed by atoms with van der Waals surface area (Å²) in [6.07, 6.45) is -2.07. The largest absolute Gasteiger partial charge is 0.330 e. The molecule has 0 radical (unpaired) electrons. The first-order valence-corrected chi connectivity index (χ1v) is 4.99. The molecule has 0 aromatic heterocycles. The van der Waals surface area contributed by atoms with Gasteiger partial charge in [0.15, 0.2) is 0 Å². The highest BCUT2D eigenvalue weighted by Gasteiger charge is 2.18. The van der Waals surface area contributed by atoms with Gasteiger partial charge in [-0.05, 0) is 18.5 Å². The molecule has 0 bridgehead atoms. The average Bonchev–Trinajstić information content (AvgIpc) is 2.25. The van der Waals surface area contributed by atoms with Crippen LogP contribution in [0.4, 0.5) is 8.78 Å². The fourth-order valence-electron chi connectivity index (χ4n) is 1.34. The van der Waals surface area contributed by atoms with E-state index in [-0.39, 0.29) is 31.4 Å². The fraction of sp³-hybridized carbons (Fsp3) is 0.455. The monoisotopic (exact) mass is 286 g/mol. The van der Waals surface area contributed by atoms with Gasteiger partial charge in [0.25, 0.3) is 6.43 Å². The van der Waals surface area contributed by atoms with Crippen LogP contribution >= 0.6 is 24.8 Å². The number of hydrogen-bond acceptors (Lipinski definition) is 2. The van der Waals surface area contributed by atoms with Crippen molar-refractivity contribution in [1.29, 1.82) is 0 Å². The molecular weight excluding hydrogens is 269 g/mol. The van der Waals surface area contributed by atoms with Gasteiger partial charge in [0, 0.05) is 6.54 Å². The fourth-order valence-corrected chi connectivity index (χ4v) is 1.34. The third-order valence-electron chi connectivity index (χ3n) is 2.19. The minimum Gasteiger partial charge on any atom is -0.330 e. The summed E-state index contributed by atoms with van der Waals surface area (Å²) in [5.74, 6) is 0. The number of hydrogen-bond donors (Lipinski definition) is 2. The molecule has 0 heterocycles. The summed E-state index contributed by atoms with van der Waals surface area (Å²) in [5.41, 5.74) is 6.26. The first kappa shape index (κ1) is 18.9. The lowest BCUT2D eigenvalue weighted by molar-refractivity contribution is 0.0943. The van der Waals surface area contributed by atoms with Crippen LogP contribution in [0.5, 0.6) is 0 Å². The number of alkyl halides is 2. The summed E-state index contributed by atoms with van der Waals surface area (Å²) in [4.78, 5) is 0. The van der Waals surface area contributed by atoms with Gasteiger partial charge in [-0.1, -0.05) is 30.3 Å². The lowest BCUT2D eigenvalue weighted by Crippen LogP contribution is -2.36. The first-order valence-electron chi connectivity index (χ1n) is 4.99. The maximum absolute atomic E-state index is 12.5. The average molecular weight is 287 g/mol. The van der Waals surface area contributed by atoms with E-state index in [1.54, 1.807) is 0 Å². The van der Waals surface area contributed by atoms with Crippen molar-refractivity contribution in [2.24, 2.45) is 5.73 Å². The lowest BCUT2D eigenvalue weighted by Gasteiger charge is -2.16. The third-order valence-corrected chi connectivity index (χ3v) is 2.19. The molecule has 0 aliphatic heterocycles. The third kappa shape index (κ3) is 7.49. The van der Waals surface area contributed by atoms with E-state index in [2.05, 4.69) is 5.32 Å². The summed E-state index contributed by atoms with van der Waals surface area (Å²) in [6.45, 7) is 0.729. The molecular formula is C11H18Cl2F2N2. The molecule has 0 aliphatic rings. The Bertz CT molecular complexity index is 273. The smallest absolute Gasteiger partial charge is 0.253 e. The van der Waals surface area contributed by atoms with Gasteiger partial charge in [0.1, 0.15) is 0 Å². The maximum atomic E-state index is 12.5. The van der Waals surface area contributed by atoms with Gasteiger partial charge in [-0.15, -0.1) is 24.8 Å². The van der Waals surface area contributed by atoms with Crippen molar-refractivity contribution in [3.05, 3.63) is 35.9 Å². The van der Waals surface area contributed by atoms with Crippen LogP contribution in [-0.4, -0.2) is 19.0 Å². The molecule has 3 N–H and O–H groups in total. The zero-order chi connectivity index (χ0) is 11.1. The number of nitrogens with one attached hydrogen (secondary N) is 1. The van der Waals surface area contributed by atoms with Crippen LogP contribution in [0.25, 0.3) is 0 Å². The first-order chi connectivity index (χ1) is 7.24. The van der Waals surface area contributed by atoms with Crippen molar-refractivity contribution < 1.29 is 8.78 Å². The Morgan fingerprint density at radius 3 is 2.18 bits per heavy atom. The molecule has 1 aromatic carbocycles. The predicted octanol–water partition coefficient (Wildman–Crippen LogP) is 2.60.